The Kier molecular flexibility index (Phi) is 4.73. The number of hydrogen-bond donors (Lipinski definition) is 0. The van der Waals surface area contributed by atoms with E-state index in [0.29, 0.717) is 0 Å². The van der Waals surface area contributed by atoms with Gasteiger partial charge in [-0.2, -0.15) is 18.4 Å². The summed E-state index contributed by atoms with van der Waals surface area (Å²) in [6.07, 6.45) is -4.67. The van der Waals surface area contributed by atoms with Crippen LogP contribution in [-0.4, -0.2) is 23.2 Å². The SMILES string of the molecule is COc1ccccc1S(=O)CC(C#N)C(F)(F)F. The van der Waals surface area contributed by atoms with Gasteiger partial charge < -0.3 is 4.74 Å². The van der Waals surface area contributed by atoms with Gasteiger partial charge in [0.2, 0.25) is 0 Å². The molecule has 0 N–H and O–H groups in total. The van der Waals surface area contributed by atoms with Crippen LogP contribution in [0.4, 0.5) is 13.2 Å². The average Bonchev–Trinajstić information content (AvgIpc) is 2.34. The molecule has 1 aromatic carbocycles. The molecule has 1 rings (SSSR count). The molecule has 7 heteroatoms. The number of benzene rings is 1. The normalized spacial score (nSPS) is 14.6. The van der Waals surface area contributed by atoms with Gasteiger partial charge >= 0.3 is 6.18 Å². The maximum absolute atomic E-state index is 12.4. The Morgan fingerprint density at radius 2 is 2.06 bits per heavy atom. The lowest BCUT2D eigenvalue weighted by Gasteiger charge is -2.13. The predicted molar refractivity (Wildman–Crippen MR) is 59.4 cm³/mol. The number of alkyl halides is 3. The van der Waals surface area contributed by atoms with E-state index >= 15 is 0 Å². The monoisotopic (exact) mass is 277 g/mol. The van der Waals surface area contributed by atoms with E-state index in [1.807, 2.05) is 0 Å². The number of hydrogen-bond acceptors (Lipinski definition) is 3. The minimum atomic E-state index is -4.67. The Hall–Kier alpha value is -1.55. The molecule has 3 nitrogen and oxygen atoms in total. The zero-order valence-corrected chi connectivity index (χ0v) is 10.2. The fourth-order valence-electron chi connectivity index (χ4n) is 1.25. The van der Waals surface area contributed by atoms with E-state index in [-0.39, 0.29) is 10.6 Å². The molecule has 0 spiro atoms. The molecular formula is C11H10F3NO2S. The molecule has 1 aromatic rings. The predicted octanol–water partition coefficient (Wildman–Crippen LogP) is 2.50. The first kappa shape index (κ1) is 14.5. The van der Waals surface area contributed by atoms with Crippen LogP contribution in [0.2, 0.25) is 0 Å². The van der Waals surface area contributed by atoms with Crippen molar-refractivity contribution in [3.63, 3.8) is 0 Å². The van der Waals surface area contributed by atoms with Gasteiger partial charge in [-0.15, -0.1) is 0 Å². The van der Waals surface area contributed by atoms with Crippen molar-refractivity contribution in [2.45, 2.75) is 11.1 Å². The van der Waals surface area contributed by atoms with Crippen LogP contribution in [0.5, 0.6) is 5.75 Å². The zero-order valence-electron chi connectivity index (χ0n) is 9.40. The van der Waals surface area contributed by atoms with Crippen LogP contribution in [0.15, 0.2) is 29.2 Å². The average molecular weight is 277 g/mol. The van der Waals surface area contributed by atoms with Crippen LogP contribution in [0.1, 0.15) is 0 Å². The Morgan fingerprint density at radius 3 is 2.56 bits per heavy atom. The fourth-order valence-corrected chi connectivity index (χ4v) is 2.60. The van der Waals surface area contributed by atoms with Crippen molar-refractivity contribution in [1.82, 2.24) is 0 Å². The van der Waals surface area contributed by atoms with Crippen LogP contribution in [0.3, 0.4) is 0 Å². The molecule has 0 heterocycles. The van der Waals surface area contributed by atoms with Gasteiger partial charge in [0, 0.05) is 0 Å². The maximum Gasteiger partial charge on any atom is 0.405 e. The summed E-state index contributed by atoms with van der Waals surface area (Å²) in [5.41, 5.74) is 0. The molecule has 0 bridgehead atoms. The Balaban J connectivity index is 2.92. The number of nitriles is 1. The third-order valence-electron chi connectivity index (χ3n) is 2.18. The lowest BCUT2D eigenvalue weighted by molar-refractivity contribution is -0.153. The van der Waals surface area contributed by atoms with E-state index in [0.717, 1.165) is 6.07 Å². The third-order valence-corrected chi connectivity index (χ3v) is 3.65. The first-order chi connectivity index (χ1) is 8.40. The van der Waals surface area contributed by atoms with E-state index in [9.17, 15) is 17.4 Å². The van der Waals surface area contributed by atoms with E-state index in [1.54, 1.807) is 12.1 Å². The van der Waals surface area contributed by atoms with Crippen molar-refractivity contribution in [3.05, 3.63) is 24.3 Å². The molecule has 0 radical (unpaired) electrons. The minimum absolute atomic E-state index is 0.157. The highest BCUT2D eigenvalue weighted by Crippen LogP contribution is 2.29. The molecule has 2 unspecified atom stereocenters. The van der Waals surface area contributed by atoms with Gasteiger partial charge in [0.1, 0.15) is 5.75 Å². The number of nitrogens with zero attached hydrogens (tertiary/aromatic N) is 1. The van der Waals surface area contributed by atoms with E-state index in [4.69, 9.17) is 10.00 Å². The van der Waals surface area contributed by atoms with E-state index in [1.165, 1.54) is 19.2 Å². The van der Waals surface area contributed by atoms with Gasteiger partial charge in [0.05, 0.1) is 34.6 Å². The number of methoxy groups -OCH3 is 1. The van der Waals surface area contributed by atoms with Crippen LogP contribution in [0.25, 0.3) is 0 Å². The molecule has 0 saturated carbocycles. The fraction of sp³-hybridized carbons (Fsp3) is 0.364. The lowest BCUT2D eigenvalue weighted by Crippen LogP contribution is -2.26. The summed E-state index contributed by atoms with van der Waals surface area (Å²) in [7, 11) is -0.604. The van der Waals surface area contributed by atoms with Gasteiger partial charge in [-0.1, -0.05) is 12.1 Å². The largest absolute Gasteiger partial charge is 0.495 e. The summed E-state index contributed by atoms with van der Waals surface area (Å²) in [4.78, 5) is 0.157. The van der Waals surface area contributed by atoms with Crippen molar-refractivity contribution in [1.29, 1.82) is 5.26 Å². The molecule has 18 heavy (non-hydrogen) atoms. The van der Waals surface area contributed by atoms with Gasteiger partial charge in [-0.05, 0) is 12.1 Å². The Morgan fingerprint density at radius 1 is 1.44 bits per heavy atom. The highest BCUT2D eigenvalue weighted by atomic mass is 32.2. The number of para-hydroxylation sites is 1. The Labute approximate surface area is 105 Å². The second-order valence-electron chi connectivity index (χ2n) is 3.39. The summed E-state index contributed by atoms with van der Waals surface area (Å²) in [5, 5.41) is 8.45. The molecule has 0 fully saturated rings. The molecule has 0 saturated heterocycles. The molecule has 0 aliphatic rings. The first-order valence-corrected chi connectivity index (χ1v) is 6.19. The molecule has 0 aromatic heterocycles. The van der Waals surface area contributed by atoms with Crippen LogP contribution in [-0.2, 0) is 10.8 Å². The van der Waals surface area contributed by atoms with E-state index in [2.05, 4.69) is 0 Å². The van der Waals surface area contributed by atoms with Crippen LogP contribution < -0.4 is 4.74 Å². The summed E-state index contributed by atoms with van der Waals surface area (Å²) >= 11 is 0. The first-order valence-electron chi connectivity index (χ1n) is 4.88. The summed E-state index contributed by atoms with van der Waals surface area (Å²) in [5.74, 6) is -2.79. The Bertz CT molecular complexity index is 482. The molecule has 0 aliphatic heterocycles. The van der Waals surface area contributed by atoms with Gasteiger partial charge in [-0.25, -0.2) is 0 Å². The second-order valence-corrected chi connectivity index (χ2v) is 4.85. The van der Waals surface area contributed by atoms with Gasteiger partial charge in [0.15, 0.2) is 5.92 Å². The number of ether oxygens (including phenoxy) is 1. The third kappa shape index (κ3) is 3.47. The smallest absolute Gasteiger partial charge is 0.405 e. The quantitative estimate of drug-likeness (QED) is 0.849. The molecule has 0 amide bonds. The van der Waals surface area contributed by atoms with Crippen molar-refractivity contribution in [2.75, 3.05) is 12.9 Å². The van der Waals surface area contributed by atoms with Crippen molar-refractivity contribution < 1.29 is 22.1 Å². The summed E-state index contributed by atoms with van der Waals surface area (Å²) in [6, 6.07) is 7.20. The number of halogens is 3. The molecular weight excluding hydrogens is 267 g/mol. The molecule has 0 aliphatic carbocycles. The van der Waals surface area contributed by atoms with E-state index < -0.39 is 28.6 Å². The maximum atomic E-state index is 12.4. The zero-order chi connectivity index (χ0) is 13.8. The minimum Gasteiger partial charge on any atom is -0.495 e. The van der Waals surface area contributed by atoms with Crippen LogP contribution in [0, 0.1) is 17.2 Å². The van der Waals surface area contributed by atoms with Crippen LogP contribution >= 0.6 is 0 Å². The van der Waals surface area contributed by atoms with Gasteiger partial charge in [0.25, 0.3) is 0 Å². The van der Waals surface area contributed by atoms with Gasteiger partial charge in [-0.3, -0.25) is 4.21 Å². The highest BCUT2D eigenvalue weighted by Gasteiger charge is 2.41. The topological polar surface area (TPSA) is 50.1 Å². The molecule has 98 valence electrons. The number of rotatable bonds is 4. The second kappa shape index (κ2) is 5.87. The lowest BCUT2D eigenvalue weighted by atomic mass is 10.2. The highest BCUT2D eigenvalue weighted by molar-refractivity contribution is 7.85. The van der Waals surface area contributed by atoms with Crippen molar-refractivity contribution in [2.24, 2.45) is 5.92 Å². The summed E-state index contributed by atoms with van der Waals surface area (Å²) in [6.45, 7) is 0. The van der Waals surface area contributed by atoms with Crippen molar-refractivity contribution >= 4 is 10.8 Å². The van der Waals surface area contributed by atoms with Crippen molar-refractivity contribution in [3.8, 4) is 11.8 Å². The standard InChI is InChI=1S/C11H10F3NO2S/c1-17-9-4-2-3-5-10(9)18(16)7-8(6-15)11(12,13)14/h2-5,8H,7H2,1H3. The summed E-state index contributed by atoms with van der Waals surface area (Å²) < 4.78 is 53.9. The molecule has 2 atom stereocenters.